The van der Waals surface area contributed by atoms with Crippen LogP contribution in [0.25, 0.3) is 0 Å². The molecule has 1 atom stereocenters. The van der Waals surface area contributed by atoms with Crippen molar-refractivity contribution in [2.75, 3.05) is 7.11 Å². The van der Waals surface area contributed by atoms with Crippen LogP contribution in [0, 0.1) is 0 Å². The highest BCUT2D eigenvalue weighted by molar-refractivity contribution is 5.75. The lowest BCUT2D eigenvalue weighted by atomic mass is 10.0. The number of aryl methyl sites for hydroxylation is 1. The molecule has 2 aromatic carbocycles. The van der Waals surface area contributed by atoms with E-state index in [-0.39, 0.29) is 17.5 Å². The molecule has 0 aromatic heterocycles. The van der Waals surface area contributed by atoms with Crippen molar-refractivity contribution in [2.45, 2.75) is 31.8 Å². The molecule has 0 radical (unpaired) electrons. The van der Waals surface area contributed by atoms with Gasteiger partial charge in [0.05, 0.1) is 7.11 Å². The molecule has 0 saturated heterocycles. The van der Waals surface area contributed by atoms with Crippen molar-refractivity contribution < 1.29 is 19.7 Å². The lowest BCUT2D eigenvalue weighted by molar-refractivity contribution is -0.143. The number of aromatic hydroxyl groups is 2. The normalized spacial score (nSPS) is 11.9. The van der Waals surface area contributed by atoms with Gasteiger partial charge in [0.1, 0.15) is 17.5 Å². The first-order chi connectivity index (χ1) is 11.6. The van der Waals surface area contributed by atoms with Crippen molar-refractivity contribution in [3.63, 3.8) is 0 Å². The molecule has 0 aliphatic rings. The molecular weight excluding hydrogens is 306 g/mol. The van der Waals surface area contributed by atoms with Crippen molar-refractivity contribution in [3.8, 4) is 11.5 Å². The van der Waals surface area contributed by atoms with Gasteiger partial charge in [0.2, 0.25) is 0 Å². The lowest BCUT2D eigenvalue weighted by Gasteiger charge is -2.17. The number of nitrogens with one attached hydrogen (secondary N) is 1. The summed E-state index contributed by atoms with van der Waals surface area (Å²) in [5.74, 6) is 0.139. The number of hydrogen-bond acceptors (Lipinski definition) is 5. The van der Waals surface area contributed by atoms with Crippen LogP contribution in [-0.2, 0) is 22.5 Å². The quantitative estimate of drug-likeness (QED) is 0.649. The Labute approximate surface area is 141 Å². The van der Waals surface area contributed by atoms with Crippen molar-refractivity contribution in [2.24, 2.45) is 0 Å². The van der Waals surface area contributed by atoms with E-state index in [0.29, 0.717) is 19.4 Å². The summed E-state index contributed by atoms with van der Waals surface area (Å²) in [6, 6.07) is 13.7. The molecule has 2 aromatic rings. The van der Waals surface area contributed by atoms with Gasteiger partial charge in [0.15, 0.2) is 0 Å². The highest BCUT2D eigenvalue weighted by atomic mass is 16.5. The van der Waals surface area contributed by atoms with Gasteiger partial charge >= 0.3 is 5.97 Å². The summed E-state index contributed by atoms with van der Waals surface area (Å²) in [5, 5.41) is 22.7. The molecular formula is C19H23NO4. The van der Waals surface area contributed by atoms with E-state index in [9.17, 15) is 15.0 Å². The predicted molar refractivity (Wildman–Crippen MR) is 91.8 cm³/mol. The number of para-hydroxylation sites is 2. The Morgan fingerprint density at radius 1 is 1.04 bits per heavy atom. The van der Waals surface area contributed by atoms with Crippen LogP contribution in [0.4, 0.5) is 0 Å². The molecule has 128 valence electrons. The van der Waals surface area contributed by atoms with Crippen LogP contribution in [0.5, 0.6) is 11.5 Å². The molecule has 0 saturated carbocycles. The second-order valence-electron chi connectivity index (χ2n) is 5.61. The van der Waals surface area contributed by atoms with Crippen molar-refractivity contribution in [1.82, 2.24) is 5.32 Å². The van der Waals surface area contributed by atoms with Crippen LogP contribution < -0.4 is 5.32 Å². The van der Waals surface area contributed by atoms with E-state index in [2.05, 4.69) is 5.32 Å². The highest BCUT2D eigenvalue weighted by Gasteiger charge is 2.18. The first kappa shape index (κ1) is 17.8. The number of benzene rings is 2. The number of ether oxygens (including phenoxy) is 1. The third kappa shape index (κ3) is 4.99. The summed E-state index contributed by atoms with van der Waals surface area (Å²) in [6.45, 7) is 0.378. The number of carbonyl (C=O) groups excluding carboxylic acids is 1. The summed E-state index contributed by atoms with van der Waals surface area (Å²) in [5.41, 5.74) is 1.59. The standard InChI is InChI=1S/C19H23NO4/c1-24-19(23)16(20-13-15-8-3-5-12-18(15)22)10-6-9-14-7-2-4-11-17(14)21/h2-5,7-8,11-12,16,20-22H,6,9-10,13H2,1H3. The number of carbonyl (C=O) groups is 1. The van der Waals surface area contributed by atoms with Gasteiger partial charge in [0.25, 0.3) is 0 Å². The summed E-state index contributed by atoms with van der Waals surface area (Å²) >= 11 is 0. The topological polar surface area (TPSA) is 78.8 Å². The summed E-state index contributed by atoms with van der Waals surface area (Å²) < 4.78 is 4.84. The van der Waals surface area contributed by atoms with E-state index in [0.717, 1.165) is 17.5 Å². The third-order valence-electron chi connectivity index (χ3n) is 3.95. The Kier molecular flexibility index (Phi) is 6.63. The van der Waals surface area contributed by atoms with Crippen molar-refractivity contribution >= 4 is 5.97 Å². The Hall–Kier alpha value is -2.53. The highest BCUT2D eigenvalue weighted by Crippen LogP contribution is 2.19. The van der Waals surface area contributed by atoms with E-state index >= 15 is 0 Å². The molecule has 0 bridgehead atoms. The maximum Gasteiger partial charge on any atom is 0.322 e. The van der Waals surface area contributed by atoms with Gasteiger partial charge in [-0.1, -0.05) is 36.4 Å². The Morgan fingerprint density at radius 2 is 1.62 bits per heavy atom. The molecule has 5 heteroatoms. The summed E-state index contributed by atoms with van der Waals surface area (Å²) in [7, 11) is 1.36. The molecule has 2 rings (SSSR count). The van der Waals surface area contributed by atoms with Crippen LogP contribution in [0.15, 0.2) is 48.5 Å². The number of rotatable bonds is 8. The van der Waals surface area contributed by atoms with E-state index in [1.807, 2.05) is 18.2 Å². The van der Waals surface area contributed by atoms with Crippen LogP contribution in [0.2, 0.25) is 0 Å². The van der Waals surface area contributed by atoms with Crippen molar-refractivity contribution in [1.29, 1.82) is 0 Å². The van der Waals surface area contributed by atoms with E-state index in [1.54, 1.807) is 30.3 Å². The zero-order valence-corrected chi connectivity index (χ0v) is 13.7. The maximum atomic E-state index is 11.9. The number of hydrogen-bond donors (Lipinski definition) is 3. The molecule has 3 N–H and O–H groups in total. The molecule has 0 fully saturated rings. The van der Waals surface area contributed by atoms with Crippen LogP contribution in [-0.4, -0.2) is 29.3 Å². The number of phenols is 2. The Morgan fingerprint density at radius 3 is 2.21 bits per heavy atom. The monoisotopic (exact) mass is 329 g/mol. The van der Waals surface area contributed by atoms with Gasteiger partial charge in [-0.3, -0.25) is 4.79 Å². The molecule has 0 amide bonds. The van der Waals surface area contributed by atoms with Crippen LogP contribution in [0.3, 0.4) is 0 Å². The van der Waals surface area contributed by atoms with Crippen molar-refractivity contribution in [3.05, 3.63) is 59.7 Å². The van der Waals surface area contributed by atoms with E-state index in [1.165, 1.54) is 7.11 Å². The fourth-order valence-electron chi connectivity index (χ4n) is 2.56. The second kappa shape index (κ2) is 8.93. The van der Waals surface area contributed by atoms with Crippen LogP contribution in [0.1, 0.15) is 24.0 Å². The minimum Gasteiger partial charge on any atom is -0.508 e. The van der Waals surface area contributed by atoms with Gasteiger partial charge in [-0.25, -0.2) is 0 Å². The Bertz CT molecular complexity index is 672. The lowest BCUT2D eigenvalue weighted by Crippen LogP contribution is -2.37. The fraction of sp³-hybridized carbons (Fsp3) is 0.316. The average molecular weight is 329 g/mol. The molecule has 0 aliphatic heterocycles. The van der Waals surface area contributed by atoms with Gasteiger partial charge in [0, 0.05) is 12.1 Å². The molecule has 5 nitrogen and oxygen atoms in total. The maximum absolute atomic E-state index is 11.9. The molecule has 0 aliphatic carbocycles. The minimum atomic E-state index is -0.458. The number of phenolic OH excluding ortho intramolecular Hbond substituents is 2. The van der Waals surface area contributed by atoms with E-state index in [4.69, 9.17) is 4.74 Å². The van der Waals surface area contributed by atoms with Gasteiger partial charge < -0.3 is 20.3 Å². The average Bonchev–Trinajstić information content (AvgIpc) is 2.60. The van der Waals surface area contributed by atoms with Gasteiger partial charge in [-0.05, 0) is 37.0 Å². The largest absolute Gasteiger partial charge is 0.508 e. The molecule has 1 unspecified atom stereocenters. The fourth-order valence-corrected chi connectivity index (χ4v) is 2.56. The predicted octanol–water partition coefficient (Wildman–Crippen LogP) is 2.75. The second-order valence-corrected chi connectivity index (χ2v) is 5.61. The van der Waals surface area contributed by atoms with Gasteiger partial charge in [-0.2, -0.15) is 0 Å². The number of esters is 1. The van der Waals surface area contributed by atoms with Crippen LogP contribution >= 0.6 is 0 Å². The zero-order valence-electron chi connectivity index (χ0n) is 13.7. The summed E-state index contributed by atoms with van der Waals surface area (Å²) in [4.78, 5) is 11.9. The minimum absolute atomic E-state index is 0.197. The van der Waals surface area contributed by atoms with E-state index < -0.39 is 6.04 Å². The third-order valence-corrected chi connectivity index (χ3v) is 3.95. The number of methoxy groups -OCH3 is 1. The molecule has 0 heterocycles. The summed E-state index contributed by atoms with van der Waals surface area (Å²) in [6.07, 6.45) is 1.98. The SMILES string of the molecule is COC(=O)C(CCCc1ccccc1O)NCc1ccccc1O. The smallest absolute Gasteiger partial charge is 0.322 e. The molecule has 24 heavy (non-hydrogen) atoms. The Balaban J connectivity index is 1.90. The van der Waals surface area contributed by atoms with Gasteiger partial charge in [-0.15, -0.1) is 0 Å². The first-order valence-corrected chi connectivity index (χ1v) is 7.96. The molecule has 0 spiro atoms. The zero-order chi connectivity index (χ0) is 17.4. The first-order valence-electron chi connectivity index (χ1n) is 7.96.